The van der Waals surface area contributed by atoms with Gasteiger partial charge in [-0.25, -0.2) is 4.39 Å². The first kappa shape index (κ1) is 18.8. The zero-order chi connectivity index (χ0) is 19.4. The first-order valence-electron chi connectivity index (χ1n) is 8.75. The van der Waals surface area contributed by atoms with Crippen molar-refractivity contribution >= 4 is 17.6 Å². The topological polar surface area (TPSA) is 87.2 Å². The lowest BCUT2D eigenvalue weighted by Crippen LogP contribution is -2.50. The van der Waals surface area contributed by atoms with Crippen molar-refractivity contribution < 1.29 is 14.0 Å². The van der Waals surface area contributed by atoms with Crippen LogP contribution in [0.25, 0.3) is 0 Å². The van der Waals surface area contributed by atoms with E-state index in [0.717, 1.165) is 5.56 Å². The number of benzene rings is 1. The molecule has 0 atom stereocenters. The number of hydrogen-bond donors (Lipinski definition) is 2. The molecule has 1 aromatic heterocycles. The van der Waals surface area contributed by atoms with E-state index in [2.05, 4.69) is 20.8 Å². The van der Waals surface area contributed by atoms with Crippen molar-refractivity contribution in [1.82, 2.24) is 20.4 Å². The molecule has 1 aliphatic heterocycles. The second kappa shape index (κ2) is 7.69. The number of amides is 2. The summed E-state index contributed by atoms with van der Waals surface area (Å²) in [7, 11) is 0. The van der Waals surface area contributed by atoms with Crippen LogP contribution in [-0.4, -0.2) is 53.1 Å². The number of hydrogen-bond acceptors (Lipinski definition) is 5. The molecule has 1 saturated heterocycles. The van der Waals surface area contributed by atoms with E-state index in [1.54, 1.807) is 24.3 Å². The number of rotatable bonds is 5. The van der Waals surface area contributed by atoms with Gasteiger partial charge in [0.2, 0.25) is 5.91 Å². The second-order valence-corrected chi connectivity index (χ2v) is 7.12. The van der Waals surface area contributed by atoms with Crippen LogP contribution in [0.1, 0.15) is 29.9 Å². The Balaban J connectivity index is 1.61. The second-order valence-electron chi connectivity index (χ2n) is 7.12. The Morgan fingerprint density at radius 3 is 2.59 bits per heavy atom. The molecule has 3 rings (SSSR count). The van der Waals surface area contributed by atoms with E-state index in [1.165, 1.54) is 17.0 Å². The monoisotopic (exact) mass is 371 g/mol. The molecule has 7 nitrogen and oxygen atoms in total. The maximum Gasteiger partial charge on any atom is 0.274 e. The summed E-state index contributed by atoms with van der Waals surface area (Å²) in [5.41, 5.74) is 0.956. The highest BCUT2D eigenvalue weighted by Gasteiger charge is 2.24. The maximum atomic E-state index is 13.1. The van der Waals surface area contributed by atoms with Crippen LogP contribution in [0.15, 0.2) is 36.4 Å². The van der Waals surface area contributed by atoms with Crippen molar-refractivity contribution in [2.24, 2.45) is 0 Å². The molecule has 1 aliphatic rings. The van der Waals surface area contributed by atoms with Gasteiger partial charge in [-0.3, -0.25) is 9.59 Å². The number of anilines is 1. The van der Waals surface area contributed by atoms with Gasteiger partial charge < -0.3 is 15.5 Å². The molecule has 0 radical (unpaired) electrons. The summed E-state index contributed by atoms with van der Waals surface area (Å²) < 4.78 is 13.1. The Morgan fingerprint density at radius 2 is 1.96 bits per heavy atom. The molecule has 2 amide bonds. The zero-order valence-electron chi connectivity index (χ0n) is 15.3. The van der Waals surface area contributed by atoms with Crippen molar-refractivity contribution in [3.05, 3.63) is 53.5 Å². The molecule has 0 spiro atoms. The summed E-state index contributed by atoms with van der Waals surface area (Å²) >= 11 is 0. The lowest BCUT2D eigenvalue weighted by molar-refractivity contribution is -0.123. The largest absolute Gasteiger partial charge is 0.368 e. The molecule has 2 N–H and O–H groups in total. The standard InChI is InChI=1S/C19H22FN5O2/c1-19(2,13-3-5-14(20)6-4-13)12-22-16-8-7-15(23-24-16)18(27)25-10-9-21-17(26)11-25/h3-8H,9-12H2,1-2H3,(H,21,26)(H,22,24). The number of halogens is 1. The number of nitrogens with one attached hydrogen (secondary N) is 2. The number of nitrogens with zero attached hydrogens (tertiary/aromatic N) is 3. The summed E-state index contributed by atoms with van der Waals surface area (Å²) in [5, 5.41) is 13.9. The third kappa shape index (κ3) is 4.58. The predicted molar refractivity (Wildman–Crippen MR) is 98.9 cm³/mol. The Bertz CT molecular complexity index is 821. The van der Waals surface area contributed by atoms with Crippen LogP contribution in [0.2, 0.25) is 0 Å². The quantitative estimate of drug-likeness (QED) is 0.833. The van der Waals surface area contributed by atoms with Gasteiger partial charge in [0.1, 0.15) is 11.6 Å². The van der Waals surface area contributed by atoms with Gasteiger partial charge in [-0.05, 0) is 29.8 Å². The van der Waals surface area contributed by atoms with Crippen molar-refractivity contribution in [1.29, 1.82) is 0 Å². The van der Waals surface area contributed by atoms with E-state index < -0.39 is 0 Å². The predicted octanol–water partition coefficient (Wildman–Crippen LogP) is 1.58. The summed E-state index contributed by atoms with van der Waals surface area (Å²) in [6.45, 7) is 5.58. The third-order valence-corrected chi connectivity index (χ3v) is 4.55. The first-order chi connectivity index (χ1) is 12.8. The van der Waals surface area contributed by atoms with Gasteiger partial charge in [-0.1, -0.05) is 26.0 Å². The van der Waals surface area contributed by atoms with Gasteiger partial charge >= 0.3 is 0 Å². The van der Waals surface area contributed by atoms with Gasteiger partial charge in [0.15, 0.2) is 5.69 Å². The van der Waals surface area contributed by atoms with Crippen LogP contribution in [0.4, 0.5) is 10.2 Å². The van der Waals surface area contributed by atoms with Gasteiger partial charge in [-0.15, -0.1) is 10.2 Å². The molecule has 0 saturated carbocycles. The number of aromatic nitrogens is 2. The Labute approximate surface area is 157 Å². The normalized spacial score (nSPS) is 14.6. The van der Waals surface area contributed by atoms with Crippen LogP contribution < -0.4 is 10.6 Å². The fourth-order valence-electron chi connectivity index (χ4n) is 2.83. The molecule has 142 valence electrons. The molecule has 8 heteroatoms. The van der Waals surface area contributed by atoms with Crippen molar-refractivity contribution in [3.8, 4) is 0 Å². The SMILES string of the molecule is CC(C)(CNc1ccc(C(=O)N2CCNC(=O)C2)nn1)c1ccc(F)cc1. The lowest BCUT2D eigenvalue weighted by Gasteiger charge is -2.26. The molecule has 2 heterocycles. The van der Waals surface area contributed by atoms with Crippen LogP contribution in [0.3, 0.4) is 0 Å². The first-order valence-corrected chi connectivity index (χ1v) is 8.75. The fourth-order valence-corrected chi connectivity index (χ4v) is 2.83. The van der Waals surface area contributed by atoms with Crippen molar-refractivity contribution in [2.75, 3.05) is 31.5 Å². The van der Waals surface area contributed by atoms with Crippen molar-refractivity contribution in [2.45, 2.75) is 19.3 Å². The van der Waals surface area contributed by atoms with Crippen LogP contribution in [-0.2, 0) is 10.2 Å². The molecular formula is C19H22FN5O2. The van der Waals surface area contributed by atoms with E-state index in [-0.39, 0.29) is 35.3 Å². The van der Waals surface area contributed by atoms with Gasteiger partial charge in [0, 0.05) is 25.0 Å². The number of piperazine rings is 1. The molecule has 1 fully saturated rings. The average molecular weight is 371 g/mol. The average Bonchev–Trinajstić information content (AvgIpc) is 2.67. The summed E-state index contributed by atoms with van der Waals surface area (Å²) in [4.78, 5) is 25.2. The fraction of sp³-hybridized carbons (Fsp3) is 0.368. The smallest absolute Gasteiger partial charge is 0.274 e. The van der Waals surface area contributed by atoms with Crippen LogP contribution in [0, 0.1) is 5.82 Å². The van der Waals surface area contributed by atoms with E-state index in [0.29, 0.717) is 25.5 Å². The highest BCUT2D eigenvalue weighted by Crippen LogP contribution is 2.23. The zero-order valence-corrected chi connectivity index (χ0v) is 15.3. The molecule has 1 aromatic carbocycles. The van der Waals surface area contributed by atoms with E-state index in [9.17, 15) is 14.0 Å². The minimum atomic E-state index is -0.310. The highest BCUT2D eigenvalue weighted by molar-refractivity contribution is 5.95. The molecule has 0 bridgehead atoms. The Morgan fingerprint density at radius 1 is 1.22 bits per heavy atom. The van der Waals surface area contributed by atoms with Crippen molar-refractivity contribution in [3.63, 3.8) is 0 Å². The lowest BCUT2D eigenvalue weighted by atomic mass is 9.84. The summed E-state index contributed by atoms with van der Waals surface area (Å²) in [6, 6.07) is 9.69. The maximum absolute atomic E-state index is 13.1. The van der Waals surface area contributed by atoms with E-state index >= 15 is 0 Å². The molecule has 2 aromatic rings. The molecule has 27 heavy (non-hydrogen) atoms. The van der Waals surface area contributed by atoms with Gasteiger partial charge in [-0.2, -0.15) is 0 Å². The highest BCUT2D eigenvalue weighted by atomic mass is 19.1. The Kier molecular flexibility index (Phi) is 5.34. The summed E-state index contributed by atoms with van der Waals surface area (Å²) in [5.74, 6) is -0.211. The van der Waals surface area contributed by atoms with E-state index in [1.807, 2.05) is 13.8 Å². The number of carbonyl (C=O) groups is 2. The number of carbonyl (C=O) groups excluding carboxylic acids is 2. The molecule has 0 unspecified atom stereocenters. The van der Waals surface area contributed by atoms with Crippen LogP contribution in [0.5, 0.6) is 0 Å². The molecule has 0 aliphatic carbocycles. The van der Waals surface area contributed by atoms with E-state index in [4.69, 9.17) is 0 Å². The minimum absolute atomic E-state index is 0.0341. The Hall–Kier alpha value is -3.03. The molecular weight excluding hydrogens is 349 g/mol. The van der Waals surface area contributed by atoms with Gasteiger partial charge in [0.25, 0.3) is 5.91 Å². The third-order valence-electron chi connectivity index (χ3n) is 4.55. The van der Waals surface area contributed by atoms with Crippen LogP contribution >= 0.6 is 0 Å². The van der Waals surface area contributed by atoms with Gasteiger partial charge in [0.05, 0.1) is 6.54 Å². The minimum Gasteiger partial charge on any atom is -0.368 e. The summed E-state index contributed by atoms with van der Waals surface area (Å²) in [6.07, 6.45) is 0.